The minimum atomic E-state index is -1.33. The molecule has 0 aliphatic rings. The Labute approximate surface area is 162 Å². The molecule has 1 aromatic carbocycles. The van der Waals surface area contributed by atoms with E-state index >= 15 is 0 Å². The van der Waals surface area contributed by atoms with Crippen molar-refractivity contribution >= 4 is 21.8 Å². The fraction of sp³-hybridized carbons (Fsp3) is 0.294. The third kappa shape index (κ3) is 3.89. The van der Waals surface area contributed by atoms with E-state index < -0.39 is 10.8 Å². The first kappa shape index (κ1) is 19.5. The minimum absolute atomic E-state index is 0. The van der Waals surface area contributed by atoms with E-state index in [0.29, 0.717) is 5.16 Å². The predicted molar refractivity (Wildman–Crippen MR) is 94.1 cm³/mol. The van der Waals surface area contributed by atoms with Gasteiger partial charge in [0, 0.05) is 23.4 Å². The molecule has 0 saturated heterocycles. The molecule has 8 heteroatoms. The van der Waals surface area contributed by atoms with Crippen LogP contribution < -0.4 is 28.3 Å². The summed E-state index contributed by atoms with van der Waals surface area (Å²) in [6.45, 7) is 3.86. The zero-order valence-corrected chi connectivity index (χ0v) is 15.9. The van der Waals surface area contributed by atoms with Crippen molar-refractivity contribution in [3.05, 3.63) is 41.2 Å². The Morgan fingerprint density at radius 1 is 1.24 bits per heavy atom. The van der Waals surface area contributed by atoms with Crippen LogP contribution in [0, 0.1) is 13.8 Å². The number of aromatic amines is 1. The number of H-pyrrole nitrogens is 1. The van der Waals surface area contributed by atoms with Gasteiger partial charge in [0.1, 0.15) is 11.5 Å². The Bertz CT molecular complexity index is 933. The largest absolute Gasteiger partial charge is 1.00 e. The Morgan fingerprint density at radius 2 is 2.00 bits per heavy atom. The van der Waals surface area contributed by atoms with Gasteiger partial charge in [-0.25, -0.2) is 4.98 Å². The van der Waals surface area contributed by atoms with E-state index in [9.17, 15) is 4.21 Å². The number of aryl methyl sites for hydroxylation is 1. The van der Waals surface area contributed by atoms with Crippen molar-refractivity contribution in [2.24, 2.45) is 0 Å². The molecule has 25 heavy (non-hydrogen) atoms. The summed E-state index contributed by atoms with van der Waals surface area (Å²) in [5.74, 6) is 1.79. The molecular weight excluding hydrogens is 333 g/mol. The van der Waals surface area contributed by atoms with E-state index in [4.69, 9.17) is 9.47 Å². The fourth-order valence-corrected chi connectivity index (χ4v) is 3.71. The number of imidazole rings is 1. The summed E-state index contributed by atoms with van der Waals surface area (Å²) >= 11 is 0. The Morgan fingerprint density at radius 3 is 2.68 bits per heavy atom. The van der Waals surface area contributed by atoms with Crippen LogP contribution in [-0.2, 0) is 16.6 Å². The van der Waals surface area contributed by atoms with Gasteiger partial charge in [-0.05, 0) is 26.0 Å². The molecule has 1 N–H and O–H groups in total. The van der Waals surface area contributed by atoms with Gasteiger partial charge in [-0.1, -0.05) is 0 Å². The normalized spacial score (nSPS) is 11.8. The second kappa shape index (κ2) is 8.04. The van der Waals surface area contributed by atoms with Crippen LogP contribution in [0.4, 0.5) is 0 Å². The average Bonchev–Trinajstić information content (AvgIpc) is 3.01. The van der Waals surface area contributed by atoms with E-state index in [1.165, 1.54) is 0 Å². The molecule has 128 valence electrons. The number of nitrogens with zero attached hydrogens (tertiary/aromatic N) is 2. The first-order valence-electron chi connectivity index (χ1n) is 7.44. The average molecular weight is 353 g/mol. The number of fused-ring (bicyclic) bond motifs is 1. The maximum atomic E-state index is 12.7. The summed E-state index contributed by atoms with van der Waals surface area (Å²) in [5, 5.41) is 0.430. The number of rotatable bonds is 5. The fourth-order valence-electron chi connectivity index (χ4n) is 2.61. The van der Waals surface area contributed by atoms with E-state index in [2.05, 4.69) is 15.0 Å². The third-order valence-electron chi connectivity index (χ3n) is 3.90. The van der Waals surface area contributed by atoms with Crippen LogP contribution in [0.3, 0.4) is 0 Å². The first-order chi connectivity index (χ1) is 11.5. The van der Waals surface area contributed by atoms with Gasteiger partial charge in [0.25, 0.3) is 0 Å². The molecule has 6 nitrogen and oxygen atoms in total. The van der Waals surface area contributed by atoms with Crippen molar-refractivity contribution in [1.29, 1.82) is 0 Å². The van der Waals surface area contributed by atoms with E-state index in [1.807, 2.05) is 32.0 Å². The number of methoxy groups -OCH3 is 2. The second-order valence-corrected chi connectivity index (χ2v) is 6.83. The smallest absolute Gasteiger partial charge is 1.00 e. The maximum absolute atomic E-state index is 12.7. The van der Waals surface area contributed by atoms with Crippen molar-refractivity contribution in [2.45, 2.75) is 24.8 Å². The first-order valence-corrected chi connectivity index (χ1v) is 8.76. The summed E-state index contributed by atoms with van der Waals surface area (Å²) < 4.78 is 23.3. The molecule has 0 aliphatic carbocycles. The van der Waals surface area contributed by atoms with Crippen LogP contribution in [0.25, 0.3) is 11.0 Å². The number of hydrogen-bond acceptors (Lipinski definition) is 5. The van der Waals surface area contributed by atoms with Gasteiger partial charge >= 0.3 is 18.9 Å². The molecule has 1 unspecified atom stereocenters. The van der Waals surface area contributed by atoms with Crippen LogP contribution in [0.2, 0.25) is 0 Å². The summed E-state index contributed by atoms with van der Waals surface area (Å²) in [6.07, 6.45) is 1.74. The molecule has 3 rings (SSSR count). The van der Waals surface area contributed by atoms with Gasteiger partial charge in [0.05, 0.1) is 47.5 Å². The molecule has 0 amide bonds. The van der Waals surface area contributed by atoms with Crippen molar-refractivity contribution in [2.75, 3.05) is 14.2 Å². The van der Waals surface area contributed by atoms with Crippen LogP contribution in [-0.4, -0.2) is 33.4 Å². The molecular formula is C17H20LiN3O3S. The molecule has 0 bridgehead atoms. The van der Waals surface area contributed by atoms with Crippen molar-refractivity contribution in [3.8, 4) is 11.5 Å². The van der Waals surface area contributed by atoms with Crippen LogP contribution in [0.5, 0.6) is 11.5 Å². The standard InChI is InChI=1S/C17H19N3O3S.Li.H/c1-10-8-18-15(11(2)16(10)23-4)9-24(21)17-19-13-6-5-12(22-3)7-14(13)20-17;;/h5-8H,9H2,1-4H3,(H,19,20);;/q;+1;-1. The van der Waals surface area contributed by atoms with Gasteiger partial charge in [-0.2, -0.15) is 0 Å². The summed E-state index contributed by atoms with van der Waals surface area (Å²) in [5.41, 5.74) is 4.16. The molecule has 3 aromatic rings. The Kier molecular flexibility index (Phi) is 6.28. The van der Waals surface area contributed by atoms with Crippen molar-refractivity contribution in [3.63, 3.8) is 0 Å². The minimum Gasteiger partial charge on any atom is -1.00 e. The van der Waals surface area contributed by atoms with Gasteiger partial charge in [-0.15, -0.1) is 0 Å². The van der Waals surface area contributed by atoms with Crippen molar-refractivity contribution in [1.82, 2.24) is 15.0 Å². The second-order valence-electron chi connectivity index (χ2n) is 5.46. The molecule has 0 fully saturated rings. The van der Waals surface area contributed by atoms with Crippen LogP contribution in [0.15, 0.2) is 29.6 Å². The third-order valence-corrected chi connectivity index (χ3v) is 5.06. The quantitative estimate of drug-likeness (QED) is 0.654. The molecule has 2 heterocycles. The molecule has 0 radical (unpaired) electrons. The Balaban J connectivity index is 0.00000169. The summed E-state index contributed by atoms with van der Waals surface area (Å²) in [6, 6.07) is 5.50. The summed E-state index contributed by atoms with van der Waals surface area (Å²) in [4.78, 5) is 11.9. The van der Waals surface area contributed by atoms with Crippen LogP contribution in [0.1, 0.15) is 18.2 Å². The Hall–Kier alpha value is -1.81. The zero-order chi connectivity index (χ0) is 17.3. The number of aromatic nitrogens is 3. The molecule has 0 saturated carbocycles. The molecule has 2 aromatic heterocycles. The number of pyridine rings is 1. The van der Waals surface area contributed by atoms with Crippen LogP contribution >= 0.6 is 0 Å². The summed E-state index contributed by atoms with van der Waals surface area (Å²) in [7, 11) is 1.91. The zero-order valence-electron chi connectivity index (χ0n) is 16.0. The van der Waals surface area contributed by atoms with E-state index in [0.717, 1.165) is 39.4 Å². The van der Waals surface area contributed by atoms with Gasteiger partial charge in [-0.3, -0.25) is 9.19 Å². The number of nitrogens with one attached hydrogen (secondary N) is 1. The monoisotopic (exact) mass is 353 g/mol. The topological polar surface area (TPSA) is 77.1 Å². The molecule has 0 aliphatic heterocycles. The van der Waals surface area contributed by atoms with Gasteiger partial charge in [0.15, 0.2) is 5.16 Å². The predicted octanol–water partition coefficient (Wildman–Crippen LogP) is 0.0162. The van der Waals surface area contributed by atoms with Gasteiger partial charge < -0.3 is 15.9 Å². The SMILES string of the molecule is COc1ccc2nc(S(=O)Cc3ncc(C)c(OC)c3C)[nH]c2c1.[H-].[Li+]. The maximum Gasteiger partial charge on any atom is 1.00 e. The van der Waals surface area contributed by atoms with E-state index in [1.54, 1.807) is 20.4 Å². The van der Waals surface area contributed by atoms with Gasteiger partial charge in [0.2, 0.25) is 0 Å². The molecule has 1 atom stereocenters. The van der Waals surface area contributed by atoms with E-state index in [-0.39, 0.29) is 26.0 Å². The number of benzene rings is 1. The molecule has 0 spiro atoms. The number of hydrogen-bond donors (Lipinski definition) is 1. The number of ether oxygens (including phenoxy) is 2. The van der Waals surface area contributed by atoms with Crippen molar-refractivity contribution < 1.29 is 34.0 Å².